The van der Waals surface area contributed by atoms with E-state index >= 15 is 0 Å². The third-order valence-electron chi connectivity index (χ3n) is 2.72. The van der Waals surface area contributed by atoms with Crippen molar-refractivity contribution >= 4 is 5.91 Å². The highest BCUT2D eigenvalue weighted by atomic mass is 16.3. The van der Waals surface area contributed by atoms with E-state index in [0.29, 0.717) is 12.6 Å². The number of amides is 1. The number of nitrogens with two attached hydrogens (primary N) is 1. The van der Waals surface area contributed by atoms with Gasteiger partial charge in [-0.15, -0.1) is 0 Å². The highest BCUT2D eigenvalue weighted by molar-refractivity contribution is 5.75. The Morgan fingerprint density at radius 3 is 2.93 bits per heavy atom. The van der Waals surface area contributed by atoms with Crippen molar-refractivity contribution in [2.24, 2.45) is 5.73 Å². The molecule has 2 atom stereocenters. The third-order valence-corrected chi connectivity index (χ3v) is 2.72. The van der Waals surface area contributed by atoms with Gasteiger partial charge in [-0.3, -0.25) is 9.69 Å². The summed E-state index contributed by atoms with van der Waals surface area (Å²) in [6.45, 7) is 3.05. The van der Waals surface area contributed by atoms with Gasteiger partial charge in [0.25, 0.3) is 0 Å². The fourth-order valence-corrected chi connectivity index (χ4v) is 2.13. The molecule has 1 saturated heterocycles. The molecular weight excluding hydrogens is 180 g/mol. The number of aliphatic hydroxyl groups excluding tert-OH is 1. The van der Waals surface area contributed by atoms with Gasteiger partial charge in [0.15, 0.2) is 0 Å². The summed E-state index contributed by atoms with van der Waals surface area (Å²) in [5.41, 5.74) is 5.17. The summed E-state index contributed by atoms with van der Waals surface area (Å²) in [6, 6.07) is 0.330. The van der Waals surface area contributed by atoms with Gasteiger partial charge in [-0.2, -0.15) is 0 Å². The molecule has 1 amide bonds. The molecule has 1 heterocycles. The second-order valence-electron chi connectivity index (χ2n) is 4.17. The molecule has 0 aromatic carbocycles. The van der Waals surface area contributed by atoms with Crippen LogP contribution < -0.4 is 5.73 Å². The Balaban J connectivity index is 2.45. The Kier molecular flexibility index (Phi) is 4.35. The molecule has 0 bridgehead atoms. The van der Waals surface area contributed by atoms with Crippen molar-refractivity contribution in [2.45, 2.75) is 44.8 Å². The Bertz CT molecular complexity index is 195. The van der Waals surface area contributed by atoms with Crippen LogP contribution in [0.15, 0.2) is 0 Å². The highest BCUT2D eigenvalue weighted by Gasteiger charge is 2.24. The Labute approximate surface area is 85.1 Å². The zero-order valence-electron chi connectivity index (χ0n) is 8.78. The minimum Gasteiger partial charge on any atom is -0.393 e. The number of piperidine rings is 1. The molecule has 1 aliphatic rings. The van der Waals surface area contributed by atoms with Gasteiger partial charge in [0.05, 0.1) is 12.6 Å². The first-order valence-corrected chi connectivity index (χ1v) is 5.30. The summed E-state index contributed by atoms with van der Waals surface area (Å²) in [5.74, 6) is -0.275. The molecule has 1 fully saturated rings. The van der Waals surface area contributed by atoms with Gasteiger partial charge in [-0.05, 0) is 32.7 Å². The number of carbonyl (C=O) groups is 1. The minimum atomic E-state index is -0.298. The van der Waals surface area contributed by atoms with Crippen LogP contribution >= 0.6 is 0 Å². The number of hydrogen-bond acceptors (Lipinski definition) is 3. The fourth-order valence-electron chi connectivity index (χ4n) is 2.13. The molecule has 4 heteroatoms. The van der Waals surface area contributed by atoms with Crippen molar-refractivity contribution in [2.75, 3.05) is 13.1 Å². The lowest BCUT2D eigenvalue weighted by molar-refractivity contribution is -0.120. The number of carbonyl (C=O) groups excluding carboxylic acids is 1. The standard InChI is InChI=1S/C10H20N2O2/c1-8(13)6-9-4-2-3-5-12(9)7-10(11)14/h8-9,13H,2-7H2,1H3,(H2,11,14). The van der Waals surface area contributed by atoms with Gasteiger partial charge in [0, 0.05) is 6.04 Å². The maximum absolute atomic E-state index is 10.8. The quantitative estimate of drug-likeness (QED) is 0.676. The molecule has 2 unspecified atom stereocenters. The van der Waals surface area contributed by atoms with E-state index in [9.17, 15) is 9.90 Å². The van der Waals surface area contributed by atoms with Crippen LogP contribution in [0.4, 0.5) is 0 Å². The maximum atomic E-state index is 10.8. The van der Waals surface area contributed by atoms with Crippen LogP contribution in [0.2, 0.25) is 0 Å². The highest BCUT2D eigenvalue weighted by Crippen LogP contribution is 2.20. The van der Waals surface area contributed by atoms with Crippen molar-refractivity contribution in [1.82, 2.24) is 4.90 Å². The number of nitrogens with zero attached hydrogens (tertiary/aromatic N) is 1. The van der Waals surface area contributed by atoms with E-state index in [4.69, 9.17) is 5.73 Å². The largest absolute Gasteiger partial charge is 0.393 e. The number of likely N-dealkylation sites (tertiary alicyclic amines) is 1. The first-order valence-electron chi connectivity index (χ1n) is 5.30. The summed E-state index contributed by atoms with van der Waals surface area (Å²) >= 11 is 0. The maximum Gasteiger partial charge on any atom is 0.231 e. The molecule has 14 heavy (non-hydrogen) atoms. The van der Waals surface area contributed by atoms with Gasteiger partial charge in [0.2, 0.25) is 5.91 Å². The summed E-state index contributed by atoms with van der Waals surface area (Å²) in [7, 11) is 0. The van der Waals surface area contributed by atoms with E-state index < -0.39 is 0 Å². The molecule has 0 aromatic heterocycles. The Morgan fingerprint density at radius 2 is 2.36 bits per heavy atom. The van der Waals surface area contributed by atoms with E-state index in [1.165, 1.54) is 6.42 Å². The second kappa shape index (κ2) is 5.32. The topological polar surface area (TPSA) is 66.6 Å². The van der Waals surface area contributed by atoms with Crippen molar-refractivity contribution < 1.29 is 9.90 Å². The number of primary amides is 1. The zero-order valence-corrected chi connectivity index (χ0v) is 8.78. The van der Waals surface area contributed by atoms with Crippen molar-refractivity contribution in [3.63, 3.8) is 0 Å². The summed E-state index contributed by atoms with van der Waals surface area (Å²) in [4.78, 5) is 12.9. The molecule has 0 spiro atoms. The molecule has 3 N–H and O–H groups in total. The summed E-state index contributed by atoms with van der Waals surface area (Å²) in [5, 5.41) is 9.31. The molecule has 1 aliphatic heterocycles. The first-order chi connectivity index (χ1) is 6.59. The van der Waals surface area contributed by atoms with Crippen molar-refractivity contribution in [1.29, 1.82) is 0 Å². The molecule has 1 rings (SSSR count). The SMILES string of the molecule is CC(O)CC1CCCCN1CC(N)=O. The number of rotatable bonds is 4. The van der Waals surface area contributed by atoms with Crippen LogP contribution in [0, 0.1) is 0 Å². The van der Waals surface area contributed by atoms with Crippen LogP contribution in [-0.2, 0) is 4.79 Å². The van der Waals surface area contributed by atoms with Crippen molar-refractivity contribution in [3.8, 4) is 0 Å². The van der Waals surface area contributed by atoms with E-state index in [2.05, 4.69) is 4.90 Å². The van der Waals surface area contributed by atoms with Gasteiger partial charge in [-0.1, -0.05) is 6.42 Å². The van der Waals surface area contributed by atoms with E-state index in [-0.39, 0.29) is 12.0 Å². The fraction of sp³-hybridized carbons (Fsp3) is 0.900. The minimum absolute atomic E-state index is 0.275. The molecule has 4 nitrogen and oxygen atoms in total. The predicted octanol–water partition coefficient (Wildman–Crippen LogP) is 0.0971. The molecular formula is C10H20N2O2. The number of hydrogen-bond donors (Lipinski definition) is 2. The molecule has 0 radical (unpaired) electrons. The Hall–Kier alpha value is -0.610. The van der Waals surface area contributed by atoms with Crippen LogP contribution in [0.5, 0.6) is 0 Å². The Morgan fingerprint density at radius 1 is 1.64 bits per heavy atom. The lowest BCUT2D eigenvalue weighted by atomic mass is 9.97. The summed E-state index contributed by atoms with van der Waals surface area (Å²) < 4.78 is 0. The van der Waals surface area contributed by atoms with Crippen LogP contribution in [0.25, 0.3) is 0 Å². The predicted molar refractivity (Wildman–Crippen MR) is 54.7 cm³/mol. The zero-order chi connectivity index (χ0) is 10.6. The van der Waals surface area contributed by atoms with Gasteiger partial charge in [0.1, 0.15) is 0 Å². The van der Waals surface area contributed by atoms with Crippen LogP contribution in [-0.4, -0.2) is 41.1 Å². The van der Waals surface area contributed by atoms with E-state index in [1.807, 2.05) is 0 Å². The average molecular weight is 200 g/mol. The van der Waals surface area contributed by atoms with Crippen LogP contribution in [0.1, 0.15) is 32.6 Å². The lowest BCUT2D eigenvalue weighted by Gasteiger charge is -2.35. The summed E-state index contributed by atoms with van der Waals surface area (Å²) in [6.07, 6.45) is 3.83. The van der Waals surface area contributed by atoms with Gasteiger partial charge in [-0.25, -0.2) is 0 Å². The average Bonchev–Trinajstić information content (AvgIpc) is 2.06. The lowest BCUT2D eigenvalue weighted by Crippen LogP contribution is -2.45. The van der Waals surface area contributed by atoms with E-state index in [0.717, 1.165) is 25.8 Å². The van der Waals surface area contributed by atoms with Crippen LogP contribution in [0.3, 0.4) is 0 Å². The smallest absolute Gasteiger partial charge is 0.231 e. The molecule has 0 aliphatic carbocycles. The number of aliphatic hydroxyl groups is 1. The van der Waals surface area contributed by atoms with Gasteiger partial charge < -0.3 is 10.8 Å². The van der Waals surface area contributed by atoms with Crippen molar-refractivity contribution in [3.05, 3.63) is 0 Å². The second-order valence-corrected chi connectivity index (χ2v) is 4.17. The molecule has 82 valence electrons. The first kappa shape index (κ1) is 11.5. The molecule has 0 aromatic rings. The van der Waals surface area contributed by atoms with Gasteiger partial charge >= 0.3 is 0 Å². The molecule has 0 saturated carbocycles. The van der Waals surface area contributed by atoms with E-state index in [1.54, 1.807) is 6.92 Å². The third kappa shape index (κ3) is 3.64. The monoisotopic (exact) mass is 200 g/mol. The normalized spacial score (nSPS) is 26.0.